The fraction of sp³-hybridized carbons (Fsp3) is 0.167. The monoisotopic (exact) mass is 265 g/mol. The Kier molecular flexibility index (Phi) is 3.57. The lowest BCUT2D eigenvalue weighted by atomic mass is 10.2. The molecule has 3 N–H and O–H groups in total. The summed E-state index contributed by atoms with van der Waals surface area (Å²) in [5.41, 5.74) is 7.35. The number of nitrogens with one attached hydrogen (secondary N) is 1. The Morgan fingerprint density at radius 1 is 1.56 bits per heavy atom. The van der Waals surface area contributed by atoms with E-state index >= 15 is 0 Å². The molecular formula is C12H12FN3OS. The topological polar surface area (TPSA) is 68.0 Å². The van der Waals surface area contributed by atoms with Gasteiger partial charge in [-0.25, -0.2) is 9.37 Å². The van der Waals surface area contributed by atoms with Gasteiger partial charge < -0.3 is 11.1 Å². The van der Waals surface area contributed by atoms with Gasteiger partial charge in [0.1, 0.15) is 0 Å². The highest BCUT2D eigenvalue weighted by Crippen LogP contribution is 2.14. The summed E-state index contributed by atoms with van der Waals surface area (Å²) in [5, 5.41) is 6.60. The van der Waals surface area contributed by atoms with Crippen LogP contribution < -0.4 is 11.1 Å². The Morgan fingerprint density at radius 3 is 3.00 bits per heavy atom. The molecule has 0 aliphatic carbocycles. The summed E-state index contributed by atoms with van der Waals surface area (Å²) in [5.74, 6) is -1.54. The first-order chi connectivity index (χ1) is 8.59. The molecule has 0 spiro atoms. The van der Waals surface area contributed by atoms with Gasteiger partial charge in [-0.15, -0.1) is 0 Å². The maximum absolute atomic E-state index is 13.6. The van der Waals surface area contributed by atoms with Crippen LogP contribution in [0.1, 0.15) is 21.5 Å². The first-order valence-corrected chi connectivity index (χ1v) is 6.23. The van der Waals surface area contributed by atoms with E-state index in [1.807, 2.05) is 17.7 Å². The van der Waals surface area contributed by atoms with Gasteiger partial charge >= 0.3 is 0 Å². The third kappa shape index (κ3) is 2.48. The Labute approximate surface area is 108 Å². The van der Waals surface area contributed by atoms with Gasteiger partial charge in [0, 0.05) is 12.7 Å². The number of amides is 1. The zero-order valence-electron chi connectivity index (χ0n) is 9.74. The Balaban J connectivity index is 2.09. The molecule has 2 aromatic heterocycles. The summed E-state index contributed by atoms with van der Waals surface area (Å²) < 4.78 is 13.6. The maximum atomic E-state index is 13.6. The first kappa shape index (κ1) is 12.5. The zero-order valence-corrected chi connectivity index (χ0v) is 10.6. The van der Waals surface area contributed by atoms with Crippen molar-refractivity contribution in [1.29, 1.82) is 0 Å². The minimum absolute atomic E-state index is 0.0876. The zero-order chi connectivity index (χ0) is 13.1. The molecule has 0 bridgehead atoms. The second-order valence-corrected chi connectivity index (χ2v) is 4.56. The summed E-state index contributed by atoms with van der Waals surface area (Å²) in [6, 6.07) is 1.31. The van der Waals surface area contributed by atoms with Crippen molar-refractivity contribution in [2.24, 2.45) is 0 Å². The van der Waals surface area contributed by atoms with Crippen molar-refractivity contribution in [3.05, 3.63) is 45.5 Å². The highest BCUT2D eigenvalue weighted by molar-refractivity contribution is 7.08. The smallest absolute Gasteiger partial charge is 0.254 e. The molecule has 2 heterocycles. The molecule has 0 radical (unpaired) electrons. The summed E-state index contributed by atoms with van der Waals surface area (Å²) in [6.07, 6.45) is 1.31. The molecule has 0 aliphatic heterocycles. The van der Waals surface area contributed by atoms with Crippen LogP contribution in [0.2, 0.25) is 0 Å². The molecular weight excluding hydrogens is 253 g/mol. The summed E-state index contributed by atoms with van der Waals surface area (Å²) >= 11 is 1.56. The molecule has 1 amide bonds. The predicted octanol–water partition coefficient (Wildman–Crippen LogP) is 2.10. The normalized spacial score (nSPS) is 10.3. The Hall–Kier alpha value is -1.95. The van der Waals surface area contributed by atoms with E-state index in [9.17, 15) is 9.18 Å². The molecule has 2 aromatic rings. The molecule has 2 rings (SSSR count). The fourth-order valence-electron chi connectivity index (χ4n) is 1.47. The molecule has 0 unspecified atom stereocenters. The number of aromatic nitrogens is 1. The number of hydrogen-bond donors (Lipinski definition) is 2. The van der Waals surface area contributed by atoms with Gasteiger partial charge in [-0.2, -0.15) is 11.3 Å². The van der Waals surface area contributed by atoms with Crippen LogP contribution in [0.5, 0.6) is 0 Å². The molecule has 0 atom stereocenters. The lowest BCUT2D eigenvalue weighted by Crippen LogP contribution is -2.24. The van der Waals surface area contributed by atoms with E-state index in [1.165, 1.54) is 12.3 Å². The molecule has 0 aromatic carbocycles. The third-order valence-electron chi connectivity index (χ3n) is 2.56. The van der Waals surface area contributed by atoms with Crippen molar-refractivity contribution < 1.29 is 9.18 Å². The molecule has 0 saturated carbocycles. The number of nitrogens with two attached hydrogens (primary N) is 1. The first-order valence-electron chi connectivity index (χ1n) is 5.29. The van der Waals surface area contributed by atoms with Gasteiger partial charge in [0.15, 0.2) is 11.6 Å². The van der Waals surface area contributed by atoms with Crippen molar-refractivity contribution >= 4 is 23.1 Å². The van der Waals surface area contributed by atoms with E-state index in [0.29, 0.717) is 6.54 Å². The van der Waals surface area contributed by atoms with E-state index in [0.717, 1.165) is 11.1 Å². The molecule has 6 heteroatoms. The number of carbonyl (C=O) groups excluding carboxylic acids is 1. The van der Waals surface area contributed by atoms with E-state index < -0.39 is 11.7 Å². The lowest BCUT2D eigenvalue weighted by Gasteiger charge is -2.06. The van der Waals surface area contributed by atoms with Crippen molar-refractivity contribution in [2.45, 2.75) is 13.5 Å². The number of anilines is 1. The molecule has 0 saturated heterocycles. The minimum atomic E-state index is -0.781. The van der Waals surface area contributed by atoms with Crippen molar-refractivity contribution in [1.82, 2.24) is 10.3 Å². The van der Waals surface area contributed by atoms with Crippen LogP contribution in [0, 0.1) is 12.7 Å². The quantitative estimate of drug-likeness (QED) is 0.893. The Morgan fingerprint density at radius 2 is 2.33 bits per heavy atom. The summed E-state index contributed by atoms with van der Waals surface area (Å²) in [6.45, 7) is 2.33. The number of halogens is 1. The van der Waals surface area contributed by atoms with Crippen LogP contribution in [-0.4, -0.2) is 10.9 Å². The van der Waals surface area contributed by atoms with Crippen LogP contribution in [0.15, 0.2) is 23.0 Å². The van der Waals surface area contributed by atoms with Crippen molar-refractivity contribution in [3.63, 3.8) is 0 Å². The van der Waals surface area contributed by atoms with Crippen molar-refractivity contribution in [3.8, 4) is 0 Å². The fourth-order valence-corrected chi connectivity index (χ4v) is 2.33. The van der Waals surface area contributed by atoms with Gasteiger partial charge in [0.05, 0.1) is 5.56 Å². The maximum Gasteiger partial charge on any atom is 0.254 e. The summed E-state index contributed by atoms with van der Waals surface area (Å²) in [7, 11) is 0. The van der Waals surface area contributed by atoms with Gasteiger partial charge in [-0.05, 0) is 34.9 Å². The van der Waals surface area contributed by atoms with Crippen LogP contribution in [0.4, 0.5) is 10.2 Å². The number of thiophene rings is 1. The molecule has 0 fully saturated rings. The SMILES string of the molecule is Cc1cscc1CNC(=O)c1ccnc(N)c1F. The highest BCUT2D eigenvalue weighted by Gasteiger charge is 2.14. The van der Waals surface area contributed by atoms with Gasteiger partial charge in [-0.1, -0.05) is 0 Å². The number of hydrogen-bond acceptors (Lipinski definition) is 4. The largest absolute Gasteiger partial charge is 0.381 e. The van der Waals surface area contributed by atoms with E-state index in [1.54, 1.807) is 11.3 Å². The standard InChI is InChI=1S/C12H12FN3OS/c1-7-5-18-6-8(7)4-16-12(17)9-2-3-15-11(14)10(9)13/h2-3,5-6H,4H2,1H3,(H2,14,15)(H,16,17). The average molecular weight is 265 g/mol. The number of nitrogens with zero attached hydrogens (tertiary/aromatic N) is 1. The number of aryl methyl sites for hydroxylation is 1. The van der Waals surface area contributed by atoms with E-state index in [4.69, 9.17) is 5.73 Å². The van der Waals surface area contributed by atoms with E-state index in [2.05, 4.69) is 10.3 Å². The number of carbonyl (C=O) groups is 1. The summed E-state index contributed by atoms with van der Waals surface area (Å²) in [4.78, 5) is 15.4. The van der Waals surface area contributed by atoms with Crippen LogP contribution in [0.3, 0.4) is 0 Å². The van der Waals surface area contributed by atoms with Crippen LogP contribution in [0.25, 0.3) is 0 Å². The van der Waals surface area contributed by atoms with Gasteiger partial charge in [0.25, 0.3) is 5.91 Å². The number of rotatable bonds is 3. The molecule has 18 heavy (non-hydrogen) atoms. The second kappa shape index (κ2) is 5.14. The van der Waals surface area contributed by atoms with Gasteiger partial charge in [0.2, 0.25) is 0 Å². The molecule has 4 nitrogen and oxygen atoms in total. The highest BCUT2D eigenvalue weighted by atomic mass is 32.1. The van der Waals surface area contributed by atoms with E-state index in [-0.39, 0.29) is 11.4 Å². The molecule has 0 aliphatic rings. The second-order valence-electron chi connectivity index (χ2n) is 3.82. The third-order valence-corrected chi connectivity index (χ3v) is 3.47. The van der Waals surface area contributed by atoms with Crippen molar-refractivity contribution in [2.75, 3.05) is 5.73 Å². The molecule has 94 valence electrons. The number of nitrogen functional groups attached to an aromatic ring is 1. The average Bonchev–Trinajstić information content (AvgIpc) is 2.75. The number of pyridine rings is 1. The minimum Gasteiger partial charge on any atom is -0.381 e. The van der Waals surface area contributed by atoms with Gasteiger partial charge in [-0.3, -0.25) is 4.79 Å². The Bertz CT molecular complexity index is 582. The predicted molar refractivity (Wildman–Crippen MR) is 68.8 cm³/mol. The lowest BCUT2D eigenvalue weighted by molar-refractivity contribution is 0.0947. The van der Waals surface area contributed by atoms with Crippen LogP contribution in [-0.2, 0) is 6.54 Å². The van der Waals surface area contributed by atoms with Crippen LogP contribution >= 0.6 is 11.3 Å².